The molecule has 0 spiro atoms. The van der Waals surface area contributed by atoms with E-state index in [1.807, 2.05) is 12.1 Å². The quantitative estimate of drug-likeness (QED) is 0.916. The Hall–Kier alpha value is -2.32. The number of nitrogens with zero attached hydrogens (tertiary/aromatic N) is 2. The maximum atomic E-state index is 9.28. The average Bonchev–Trinajstić information content (AvgIpc) is 3.21. The molecule has 0 aliphatic carbocycles. The molecule has 0 bridgehead atoms. The predicted molar refractivity (Wildman–Crippen MR) is 92.8 cm³/mol. The van der Waals surface area contributed by atoms with E-state index in [0.29, 0.717) is 18.3 Å². The van der Waals surface area contributed by atoms with Gasteiger partial charge < -0.3 is 14.5 Å². The first kappa shape index (κ1) is 16.5. The summed E-state index contributed by atoms with van der Waals surface area (Å²) in [6, 6.07) is 10.2. The maximum Gasteiger partial charge on any atom is 0.232 e. The molecular weight excluding hydrogens is 302 g/mol. The molecule has 1 fully saturated rings. The molecule has 0 amide bonds. The van der Waals surface area contributed by atoms with Crippen molar-refractivity contribution in [2.75, 3.05) is 18.5 Å². The molecule has 2 heterocycles. The topological polar surface area (TPSA) is 71.1 Å². The van der Waals surface area contributed by atoms with E-state index in [4.69, 9.17) is 9.15 Å². The van der Waals surface area contributed by atoms with Crippen LogP contribution in [0.5, 0.6) is 0 Å². The van der Waals surface area contributed by atoms with Crippen LogP contribution in [-0.2, 0) is 10.2 Å². The van der Waals surface area contributed by atoms with E-state index in [1.165, 1.54) is 5.56 Å². The van der Waals surface area contributed by atoms with Crippen molar-refractivity contribution in [3.8, 4) is 17.5 Å². The van der Waals surface area contributed by atoms with Crippen LogP contribution in [0.3, 0.4) is 0 Å². The standard InChI is InChI=1S/C19H23N3O2/c1-19(2,3)14-8-6-13(7-9-14)17-22-16(11-20)18(24-17)21-12-15-5-4-10-23-15/h6-9,15,21H,4-5,10,12H2,1-3H3. The zero-order chi connectivity index (χ0) is 17.2. The Kier molecular flexibility index (Phi) is 4.59. The van der Waals surface area contributed by atoms with Gasteiger partial charge in [0.25, 0.3) is 0 Å². The molecule has 5 nitrogen and oxygen atoms in total. The van der Waals surface area contributed by atoms with E-state index in [0.717, 1.165) is 25.0 Å². The Morgan fingerprint density at radius 3 is 2.62 bits per heavy atom. The smallest absolute Gasteiger partial charge is 0.232 e. The van der Waals surface area contributed by atoms with Crippen LogP contribution >= 0.6 is 0 Å². The summed E-state index contributed by atoms with van der Waals surface area (Å²) >= 11 is 0. The van der Waals surface area contributed by atoms with Crippen LogP contribution in [0.2, 0.25) is 0 Å². The second-order valence-electron chi connectivity index (χ2n) is 7.15. The van der Waals surface area contributed by atoms with Gasteiger partial charge in [0, 0.05) is 18.7 Å². The predicted octanol–water partition coefficient (Wildman–Crippen LogP) is 4.10. The van der Waals surface area contributed by atoms with Crippen molar-refractivity contribution in [2.45, 2.75) is 45.1 Å². The number of rotatable bonds is 4. The van der Waals surface area contributed by atoms with Gasteiger partial charge in [0.1, 0.15) is 6.07 Å². The van der Waals surface area contributed by atoms with Gasteiger partial charge in [-0.25, -0.2) is 0 Å². The van der Waals surface area contributed by atoms with Gasteiger partial charge in [-0.05, 0) is 36.0 Å². The van der Waals surface area contributed by atoms with Gasteiger partial charge >= 0.3 is 0 Å². The molecule has 1 aliphatic rings. The van der Waals surface area contributed by atoms with Crippen LogP contribution < -0.4 is 5.32 Å². The van der Waals surface area contributed by atoms with Gasteiger partial charge in [0.15, 0.2) is 0 Å². The van der Waals surface area contributed by atoms with Crippen molar-refractivity contribution in [1.82, 2.24) is 4.98 Å². The third-order valence-electron chi connectivity index (χ3n) is 4.25. The number of oxazole rings is 1. The van der Waals surface area contributed by atoms with E-state index in [2.05, 4.69) is 49.3 Å². The van der Waals surface area contributed by atoms with Gasteiger partial charge in [0.05, 0.1) is 6.10 Å². The molecule has 0 radical (unpaired) electrons. The first-order valence-corrected chi connectivity index (χ1v) is 8.34. The van der Waals surface area contributed by atoms with Crippen molar-refractivity contribution in [1.29, 1.82) is 5.26 Å². The Morgan fingerprint density at radius 1 is 1.29 bits per heavy atom. The van der Waals surface area contributed by atoms with Crippen LogP contribution in [-0.4, -0.2) is 24.2 Å². The van der Waals surface area contributed by atoms with E-state index >= 15 is 0 Å². The highest BCUT2D eigenvalue weighted by Gasteiger charge is 2.19. The maximum absolute atomic E-state index is 9.28. The van der Waals surface area contributed by atoms with E-state index < -0.39 is 0 Å². The summed E-state index contributed by atoms with van der Waals surface area (Å²) in [6.07, 6.45) is 2.29. The number of hydrogen-bond acceptors (Lipinski definition) is 5. The van der Waals surface area contributed by atoms with Gasteiger partial charge in [-0.3, -0.25) is 0 Å². The third kappa shape index (κ3) is 3.60. The molecule has 5 heteroatoms. The van der Waals surface area contributed by atoms with Crippen LogP contribution in [0.4, 0.5) is 5.88 Å². The fraction of sp³-hybridized carbons (Fsp3) is 0.474. The van der Waals surface area contributed by atoms with E-state index in [-0.39, 0.29) is 17.2 Å². The van der Waals surface area contributed by atoms with E-state index in [9.17, 15) is 5.26 Å². The van der Waals surface area contributed by atoms with Crippen LogP contribution in [0.25, 0.3) is 11.5 Å². The van der Waals surface area contributed by atoms with Crippen molar-refractivity contribution in [3.05, 3.63) is 35.5 Å². The molecule has 1 N–H and O–H groups in total. The second-order valence-corrected chi connectivity index (χ2v) is 7.15. The molecule has 126 valence electrons. The number of benzene rings is 1. The van der Waals surface area contributed by atoms with Crippen molar-refractivity contribution < 1.29 is 9.15 Å². The number of nitrogens with one attached hydrogen (secondary N) is 1. The molecule has 1 aliphatic heterocycles. The Morgan fingerprint density at radius 2 is 2.04 bits per heavy atom. The number of anilines is 1. The first-order chi connectivity index (χ1) is 11.5. The fourth-order valence-corrected chi connectivity index (χ4v) is 2.76. The first-order valence-electron chi connectivity index (χ1n) is 8.34. The van der Waals surface area contributed by atoms with Crippen molar-refractivity contribution in [3.63, 3.8) is 0 Å². The summed E-state index contributed by atoms with van der Waals surface area (Å²) in [6.45, 7) is 7.96. The normalized spacial score (nSPS) is 17.7. The Balaban J connectivity index is 1.77. The van der Waals surface area contributed by atoms with Gasteiger partial charge in [-0.1, -0.05) is 32.9 Å². The lowest BCUT2D eigenvalue weighted by Gasteiger charge is -2.18. The lowest BCUT2D eigenvalue weighted by Crippen LogP contribution is -2.18. The minimum atomic E-state index is 0.0981. The minimum Gasteiger partial charge on any atom is -0.419 e. The fourth-order valence-electron chi connectivity index (χ4n) is 2.76. The minimum absolute atomic E-state index is 0.0981. The molecule has 24 heavy (non-hydrogen) atoms. The number of nitriles is 1. The van der Waals surface area contributed by atoms with Crippen LogP contribution in [0, 0.1) is 11.3 Å². The largest absolute Gasteiger partial charge is 0.419 e. The molecule has 1 unspecified atom stereocenters. The summed E-state index contributed by atoms with van der Waals surface area (Å²) in [5.41, 5.74) is 2.49. The molecule has 2 aromatic rings. The van der Waals surface area contributed by atoms with Crippen molar-refractivity contribution >= 4 is 5.88 Å². The van der Waals surface area contributed by atoms with Crippen LogP contribution in [0.1, 0.15) is 44.9 Å². The molecule has 1 atom stereocenters. The molecular formula is C19H23N3O2. The Bertz CT molecular complexity index is 729. The Labute approximate surface area is 142 Å². The summed E-state index contributed by atoms with van der Waals surface area (Å²) in [5.74, 6) is 0.879. The molecule has 3 rings (SSSR count). The molecule has 1 saturated heterocycles. The lowest BCUT2D eigenvalue weighted by molar-refractivity contribution is 0.120. The molecule has 0 saturated carbocycles. The van der Waals surface area contributed by atoms with Crippen LogP contribution in [0.15, 0.2) is 28.7 Å². The zero-order valence-electron chi connectivity index (χ0n) is 14.4. The summed E-state index contributed by atoms with van der Waals surface area (Å²) in [7, 11) is 0. The monoisotopic (exact) mass is 325 g/mol. The van der Waals surface area contributed by atoms with E-state index in [1.54, 1.807) is 0 Å². The molecule has 1 aromatic heterocycles. The SMILES string of the molecule is CC(C)(C)c1ccc(-c2nc(C#N)c(NCC3CCCO3)o2)cc1. The number of aromatic nitrogens is 1. The number of ether oxygens (including phenoxy) is 1. The summed E-state index contributed by atoms with van der Waals surface area (Å²) < 4.78 is 11.4. The lowest BCUT2D eigenvalue weighted by atomic mass is 9.87. The zero-order valence-corrected chi connectivity index (χ0v) is 14.4. The van der Waals surface area contributed by atoms with Gasteiger partial charge in [-0.15, -0.1) is 0 Å². The highest BCUT2D eigenvalue weighted by atomic mass is 16.5. The third-order valence-corrected chi connectivity index (χ3v) is 4.25. The highest BCUT2D eigenvalue weighted by molar-refractivity contribution is 5.59. The second kappa shape index (κ2) is 6.66. The average molecular weight is 325 g/mol. The summed E-state index contributed by atoms with van der Waals surface area (Å²) in [5, 5.41) is 12.4. The van der Waals surface area contributed by atoms with Gasteiger partial charge in [0.2, 0.25) is 17.5 Å². The van der Waals surface area contributed by atoms with Crippen molar-refractivity contribution in [2.24, 2.45) is 0 Å². The highest BCUT2D eigenvalue weighted by Crippen LogP contribution is 2.28. The molecule has 1 aromatic carbocycles. The number of hydrogen-bond donors (Lipinski definition) is 1. The summed E-state index contributed by atoms with van der Waals surface area (Å²) in [4.78, 5) is 4.30. The van der Waals surface area contributed by atoms with Gasteiger partial charge in [-0.2, -0.15) is 10.2 Å².